The van der Waals surface area contributed by atoms with Crippen LogP contribution in [0.15, 0.2) is 40.0 Å². The Hall–Kier alpha value is -2.72. The summed E-state index contributed by atoms with van der Waals surface area (Å²) in [7, 11) is 1.58. The maximum absolute atomic E-state index is 13.6. The molecule has 2 aromatic heterocycles. The summed E-state index contributed by atoms with van der Waals surface area (Å²) < 4.78 is 41.4. The standard InChI is InChI=1S/C29H35F3N4O2S/c1-15-10-25(39-5)22(27(37)34-15)13-33-28(38)26-17(3)36(23-9-7-6-8-18(23)26)16(2)19-12-24(21-11-20(19)21)35(4)14-29(30,31)32/h6-10,16,19-21,24H,11-14H2,1-5H3,(H,33,38)(H,34,37)/t16-,19?,20?,21?,24?/m1/s1. The fraction of sp³-hybridized carbons (Fsp3) is 0.517. The Labute approximate surface area is 230 Å². The van der Waals surface area contributed by atoms with E-state index in [2.05, 4.69) is 21.8 Å². The zero-order valence-electron chi connectivity index (χ0n) is 22.9. The van der Waals surface area contributed by atoms with Crippen molar-refractivity contribution >= 4 is 28.6 Å². The van der Waals surface area contributed by atoms with Crippen LogP contribution in [0.25, 0.3) is 10.9 Å². The molecular formula is C29H35F3N4O2S. The van der Waals surface area contributed by atoms with Crippen molar-refractivity contribution in [3.63, 3.8) is 0 Å². The van der Waals surface area contributed by atoms with Gasteiger partial charge in [-0.05, 0) is 76.8 Å². The van der Waals surface area contributed by atoms with E-state index in [-0.39, 0.29) is 36.0 Å². The predicted molar refractivity (Wildman–Crippen MR) is 148 cm³/mol. The van der Waals surface area contributed by atoms with E-state index in [1.807, 2.05) is 50.4 Å². The van der Waals surface area contributed by atoms with Crippen molar-refractivity contribution in [2.24, 2.45) is 17.8 Å². The first-order valence-electron chi connectivity index (χ1n) is 13.3. The van der Waals surface area contributed by atoms with Gasteiger partial charge in [-0.3, -0.25) is 14.5 Å². The Morgan fingerprint density at radius 2 is 1.95 bits per heavy atom. The number of hydrogen-bond acceptors (Lipinski definition) is 4. The summed E-state index contributed by atoms with van der Waals surface area (Å²) in [4.78, 5) is 31.3. The van der Waals surface area contributed by atoms with Gasteiger partial charge in [0.1, 0.15) is 0 Å². The third-order valence-corrected chi connectivity index (χ3v) is 9.53. The highest BCUT2D eigenvalue weighted by molar-refractivity contribution is 7.98. The number of hydrogen-bond donors (Lipinski definition) is 2. The van der Waals surface area contributed by atoms with Crippen molar-refractivity contribution in [2.75, 3.05) is 19.8 Å². The van der Waals surface area contributed by atoms with E-state index in [0.29, 0.717) is 29.4 Å². The Kier molecular flexibility index (Phi) is 7.39. The summed E-state index contributed by atoms with van der Waals surface area (Å²) in [6, 6.07) is 9.63. The summed E-state index contributed by atoms with van der Waals surface area (Å²) in [5, 5.41) is 3.80. The van der Waals surface area contributed by atoms with Gasteiger partial charge in [-0.25, -0.2) is 0 Å². The van der Waals surface area contributed by atoms with Crippen molar-refractivity contribution in [1.82, 2.24) is 19.8 Å². The fourth-order valence-corrected chi connectivity index (χ4v) is 7.65. The first-order chi connectivity index (χ1) is 18.4. The topological polar surface area (TPSA) is 70.1 Å². The van der Waals surface area contributed by atoms with Crippen LogP contribution in [0.1, 0.15) is 53.1 Å². The first-order valence-corrected chi connectivity index (χ1v) is 14.5. The molecule has 0 saturated heterocycles. The molecule has 1 aromatic carbocycles. The van der Waals surface area contributed by atoms with Crippen molar-refractivity contribution in [1.29, 1.82) is 0 Å². The van der Waals surface area contributed by atoms with Gasteiger partial charge in [-0.1, -0.05) is 18.2 Å². The number of nitrogens with zero attached hydrogens (tertiary/aromatic N) is 2. The molecular weight excluding hydrogens is 525 g/mol. The van der Waals surface area contributed by atoms with Crippen molar-refractivity contribution < 1.29 is 18.0 Å². The van der Waals surface area contributed by atoms with Crippen LogP contribution in [-0.2, 0) is 6.54 Å². The molecule has 6 nitrogen and oxygen atoms in total. The minimum Gasteiger partial charge on any atom is -0.348 e. The van der Waals surface area contributed by atoms with E-state index >= 15 is 0 Å². The zero-order valence-corrected chi connectivity index (χ0v) is 23.7. The zero-order chi connectivity index (χ0) is 28.2. The second-order valence-corrected chi connectivity index (χ2v) is 12.0. The Morgan fingerprint density at radius 3 is 2.64 bits per heavy atom. The number of para-hydroxylation sites is 1. The largest absolute Gasteiger partial charge is 0.401 e. The van der Waals surface area contributed by atoms with Gasteiger partial charge < -0.3 is 14.9 Å². The molecule has 39 heavy (non-hydrogen) atoms. The van der Waals surface area contributed by atoms with Crippen LogP contribution in [0.5, 0.6) is 0 Å². The SMILES string of the molecule is CSc1cc(C)[nH]c(=O)c1CNC(=O)c1c(C)n([C@H](C)C2CC(N(C)CC(F)(F)F)C3CC32)c2ccccc12. The van der Waals surface area contributed by atoms with Crippen LogP contribution in [0, 0.1) is 31.6 Å². The van der Waals surface area contributed by atoms with Crippen LogP contribution in [0.3, 0.4) is 0 Å². The number of pyridine rings is 1. The van der Waals surface area contributed by atoms with E-state index in [9.17, 15) is 22.8 Å². The van der Waals surface area contributed by atoms with E-state index in [0.717, 1.165) is 33.6 Å². The van der Waals surface area contributed by atoms with Crippen LogP contribution >= 0.6 is 11.8 Å². The van der Waals surface area contributed by atoms with Crippen molar-refractivity contribution in [3.05, 3.63) is 63.2 Å². The van der Waals surface area contributed by atoms with Gasteiger partial charge in [0.15, 0.2) is 0 Å². The highest BCUT2D eigenvalue weighted by Crippen LogP contribution is 2.60. The van der Waals surface area contributed by atoms with Crippen LogP contribution in [-0.4, -0.2) is 52.4 Å². The Balaban J connectivity index is 1.41. The molecule has 2 aliphatic carbocycles. The molecule has 2 N–H and O–H groups in total. The smallest absolute Gasteiger partial charge is 0.348 e. The minimum atomic E-state index is -4.21. The normalized spacial score (nSPS) is 23.3. The van der Waals surface area contributed by atoms with Gasteiger partial charge >= 0.3 is 6.18 Å². The van der Waals surface area contributed by atoms with Gasteiger partial charge in [-0.2, -0.15) is 13.2 Å². The molecule has 210 valence electrons. The monoisotopic (exact) mass is 560 g/mol. The van der Waals surface area contributed by atoms with Crippen molar-refractivity contribution in [3.8, 4) is 0 Å². The number of thioether (sulfide) groups is 1. The summed E-state index contributed by atoms with van der Waals surface area (Å²) in [5.74, 6) is 0.682. The molecule has 2 saturated carbocycles. The van der Waals surface area contributed by atoms with Gasteiger partial charge in [0.2, 0.25) is 0 Å². The first kappa shape index (κ1) is 27.8. The molecule has 5 rings (SSSR count). The number of benzene rings is 1. The second-order valence-electron chi connectivity index (χ2n) is 11.2. The lowest BCUT2D eigenvalue weighted by molar-refractivity contribution is -0.148. The molecule has 0 bridgehead atoms. The predicted octanol–water partition coefficient (Wildman–Crippen LogP) is 5.68. The molecule has 2 heterocycles. The summed E-state index contributed by atoms with van der Waals surface area (Å²) in [5.41, 5.74) is 3.42. The number of aromatic nitrogens is 2. The maximum Gasteiger partial charge on any atom is 0.401 e. The lowest BCUT2D eigenvalue weighted by Crippen LogP contribution is -2.39. The van der Waals surface area contributed by atoms with Crippen LogP contribution in [0.2, 0.25) is 0 Å². The highest BCUT2D eigenvalue weighted by Gasteiger charge is 2.57. The number of alkyl halides is 3. The molecule has 0 radical (unpaired) electrons. The number of aryl methyl sites for hydroxylation is 1. The maximum atomic E-state index is 13.6. The van der Waals surface area contributed by atoms with E-state index in [1.54, 1.807) is 7.05 Å². The lowest BCUT2D eigenvalue weighted by atomic mass is 9.93. The van der Waals surface area contributed by atoms with Crippen LogP contribution < -0.4 is 10.9 Å². The quantitative estimate of drug-likeness (QED) is 0.348. The number of nitrogens with one attached hydrogen (secondary N) is 2. The van der Waals surface area contributed by atoms with Gasteiger partial charge in [0.25, 0.3) is 11.5 Å². The summed E-state index contributed by atoms with van der Waals surface area (Å²) >= 11 is 1.47. The Morgan fingerprint density at radius 1 is 1.23 bits per heavy atom. The molecule has 4 unspecified atom stereocenters. The second kappa shape index (κ2) is 10.4. The fourth-order valence-electron chi connectivity index (χ4n) is 6.95. The number of aromatic amines is 1. The number of amides is 1. The van der Waals surface area contributed by atoms with E-state index < -0.39 is 12.7 Å². The number of fused-ring (bicyclic) bond motifs is 2. The van der Waals surface area contributed by atoms with Crippen molar-refractivity contribution in [2.45, 2.75) is 63.3 Å². The average Bonchev–Trinajstić information content (AvgIpc) is 3.45. The van der Waals surface area contributed by atoms with Gasteiger partial charge in [-0.15, -0.1) is 11.8 Å². The summed E-state index contributed by atoms with van der Waals surface area (Å²) in [6.07, 6.45) is -0.642. The molecule has 1 amide bonds. The third-order valence-electron chi connectivity index (χ3n) is 8.73. The average molecular weight is 561 g/mol. The molecule has 0 spiro atoms. The third kappa shape index (κ3) is 5.25. The molecule has 0 aliphatic heterocycles. The van der Waals surface area contributed by atoms with Crippen LogP contribution in [0.4, 0.5) is 13.2 Å². The number of rotatable bonds is 8. The minimum absolute atomic E-state index is 0.0266. The van der Waals surface area contributed by atoms with E-state index in [4.69, 9.17) is 0 Å². The molecule has 3 aromatic rings. The lowest BCUT2D eigenvalue weighted by Gasteiger charge is -2.30. The summed E-state index contributed by atoms with van der Waals surface area (Å²) in [6.45, 7) is 5.11. The number of halogens is 3. The van der Waals surface area contributed by atoms with E-state index in [1.165, 1.54) is 16.7 Å². The highest BCUT2D eigenvalue weighted by atomic mass is 32.2. The molecule has 5 atom stereocenters. The Bertz CT molecular complexity index is 1460. The molecule has 2 fully saturated rings. The molecule has 2 aliphatic rings. The number of carbonyl (C=O) groups is 1. The van der Waals surface area contributed by atoms with Gasteiger partial charge in [0, 0.05) is 51.4 Å². The number of carbonyl (C=O) groups excluding carboxylic acids is 1. The number of H-pyrrole nitrogens is 1. The van der Waals surface area contributed by atoms with Gasteiger partial charge in [0.05, 0.1) is 12.1 Å². The molecule has 10 heteroatoms.